The number of nitrogen functional groups attached to an aromatic ring is 1. The van der Waals surface area contributed by atoms with Gasteiger partial charge in [-0.1, -0.05) is 11.6 Å². The number of carbonyl (C=O) groups is 1. The molecule has 5 nitrogen and oxygen atoms in total. The van der Waals surface area contributed by atoms with Gasteiger partial charge in [-0.05, 0) is 37.6 Å². The largest absolute Gasteiger partial charge is 0.399 e. The van der Waals surface area contributed by atoms with Crippen molar-refractivity contribution in [1.82, 2.24) is 4.90 Å². The minimum atomic E-state index is -0.0206. The Balaban J connectivity index is 1.71. The molecule has 1 aromatic carbocycles. The molecule has 3 N–H and O–H groups in total. The smallest absolute Gasteiger partial charge is 0.224 e. The van der Waals surface area contributed by atoms with Crippen molar-refractivity contribution in [3.63, 3.8) is 0 Å². The molecule has 2 rings (SSSR count). The molecule has 0 saturated carbocycles. The number of nitrogens with one attached hydrogen (secondary N) is 1. The van der Waals surface area contributed by atoms with E-state index in [1.807, 2.05) is 0 Å². The molecule has 0 atom stereocenters. The first-order valence-corrected chi connectivity index (χ1v) is 7.68. The quantitative estimate of drug-likeness (QED) is 0.819. The fourth-order valence-corrected chi connectivity index (χ4v) is 2.57. The van der Waals surface area contributed by atoms with Gasteiger partial charge in [-0.15, -0.1) is 0 Å². The zero-order valence-corrected chi connectivity index (χ0v) is 12.9. The topological polar surface area (TPSA) is 67.6 Å². The fraction of sp³-hybridized carbons (Fsp3) is 0.533. The highest BCUT2D eigenvalue weighted by Crippen LogP contribution is 2.24. The molecule has 0 radical (unpaired) electrons. The van der Waals surface area contributed by atoms with Gasteiger partial charge in [0.05, 0.1) is 17.3 Å². The predicted molar refractivity (Wildman–Crippen MR) is 85.6 cm³/mol. The second-order valence-electron chi connectivity index (χ2n) is 5.20. The molecule has 1 amide bonds. The van der Waals surface area contributed by atoms with Crippen molar-refractivity contribution >= 4 is 28.9 Å². The zero-order chi connectivity index (χ0) is 15.1. The van der Waals surface area contributed by atoms with E-state index in [-0.39, 0.29) is 5.91 Å². The molecule has 116 valence electrons. The number of hydrogen-bond donors (Lipinski definition) is 2. The van der Waals surface area contributed by atoms with Crippen LogP contribution >= 0.6 is 11.6 Å². The van der Waals surface area contributed by atoms with Crippen molar-refractivity contribution in [1.29, 1.82) is 0 Å². The van der Waals surface area contributed by atoms with Crippen LogP contribution in [-0.2, 0) is 9.53 Å². The monoisotopic (exact) mass is 311 g/mol. The van der Waals surface area contributed by atoms with Crippen LogP contribution in [0.25, 0.3) is 0 Å². The normalized spacial score (nSPS) is 16.4. The van der Waals surface area contributed by atoms with E-state index >= 15 is 0 Å². The van der Waals surface area contributed by atoms with Crippen molar-refractivity contribution in [3.05, 3.63) is 23.2 Å². The molecule has 1 aliphatic rings. The molecule has 1 aliphatic heterocycles. The SMILES string of the molecule is Nc1ccc(NC(=O)CCCN2CCCOCC2)c(Cl)c1. The van der Waals surface area contributed by atoms with Gasteiger partial charge in [0.1, 0.15) is 0 Å². The van der Waals surface area contributed by atoms with E-state index < -0.39 is 0 Å². The Bertz CT molecular complexity index is 474. The number of halogens is 1. The average molecular weight is 312 g/mol. The van der Waals surface area contributed by atoms with Crippen LogP contribution in [0.3, 0.4) is 0 Å². The van der Waals surface area contributed by atoms with Gasteiger partial charge >= 0.3 is 0 Å². The highest BCUT2D eigenvalue weighted by Gasteiger charge is 2.10. The second-order valence-corrected chi connectivity index (χ2v) is 5.61. The van der Waals surface area contributed by atoms with Gasteiger partial charge in [0.25, 0.3) is 0 Å². The van der Waals surface area contributed by atoms with Gasteiger partial charge < -0.3 is 20.7 Å². The average Bonchev–Trinajstić information content (AvgIpc) is 2.71. The number of ether oxygens (including phenoxy) is 1. The minimum Gasteiger partial charge on any atom is -0.399 e. The maximum absolute atomic E-state index is 11.9. The van der Waals surface area contributed by atoms with E-state index in [9.17, 15) is 4.79 Å². The minimum absolute atomic E-state index is 0.0206. The summed E-state index contributed by atoms with van der Waals surface area (Å²) in [6.07, 6.45) is 2.38. The third-order valence-electron chi connectivity index (χ3n) is 3.46. The van der Waals surface area contributed by atoms with Gasteiger partial charge in [-0.2, -0.15) is 0 Å². The number of hydrogen-bond acceptors (Lipinski definition) is 4. The summed E-state index contributed by atoms with van der Waals surface area (Å²) >= 11 is 6.03. The maximum atomic E-state index is 11.9. The molecule has 0 aromatic heterocycles. The summed E-state index contributed by atoms with van der Waals surface area (Å²) in [5, 5.41) is 3.28. The van der Waals surface area contributed by atoms with Crippen molar-refractivity contribution in [2.75, 3.05) is 43.9 Å². The van der Waals surface area contributed by atoms with Gasteiger partial charge in [0.15, 0.2) is 0 Å². The van der Waals surface area contributed by atoms with Crippen molar-refractivity contribution in [2.45, 2.75) is 19.3 Å². The number of rotatable bonds is 5. The Morgan fingerprint density at radius 1 is 1.38 bits per heavy atom. The van der Waals surface area contributed by atoms with Crippen LogP contribution in [0.4, 0.5) is 11.4 Å². The molecule has 1 saturated heterocycles. The molecular formula is C15H22ClN3O2. The second kappa shape index (κ2) is 8.22. The van der Waals surface area contributed by atoms with E-state index in [0.29, 0.717) is 22.8 Å². The van der Waals surface area contributed by atoms with Crippen molar-refractivity contribution in [2.24, 2.45) is 0 Å². The van der Waals surface area contributed by atoms with Crippen LogP contribution in [-0.4, -0.2) is 43.7 Å². The first-order valence-electron chi connectivity index (χ1n) is 7.30. The molecule has 0 bridgehead atoms. The summed E-state index contributed by atoms with van der Waals surface area (Å²) < 4.78 is 5.41. The Morgan fingerprint density at radius 3 is 3.05 bits per heavy atom. The molecule has 1 aromatic rings. The lowest BCUT2D eigenvalue weighted by molar-refractivity contribution is -0.116. The Kier molecular flexibility index (Phi) is 6.29. The van der Waals surface area contributed by atoms with E-state index in [1.165, 1.54) is 0 Å². The van der Waals surface area contributed by atoms with E-state index in [4.69, 9.17) is 22.1 Å². The van der Waals surface area contributed by atoms with Gasteiger partial charge in [0.2, 0.25) is 5.91 Å². The molecule has 21 heavy (non-hydrogen) atoms. The van der Waals surface area contributed by atoms with Crippen LogP contribution in [0.2, 0.25) is 5.02 Å². The number of nitrogens with two attached hydrogens (primary N) is 1. The number of carbonyl (C=O) groups excluding carboxylic acids is 1. The molecule has 6 heteroatoms. The highest BCUT2D eigenvalue weighted by molar-refractivity contribution is 6.34. The van der Waals surface area contributed by atoms with Crippen molar-refractivity contribution in [3.8, 4) is 0 Å². The number of amides is 1. The van der Waals surface area contributed by atoms with E-state index in [0.717, 1.165) is 45.7 Å². The number of benzene rings is 1. The fourth-order valence-electron chi connectivity index (χ4n) is 2.33. The molecule has 1 heterocycles. The van der Waals surface area contributed by atoms with Crippen molar-refractivity contribution < 1.29 is 9.53 Å². The first kappa shape index (κ1) is 16.1. The predicted octanol–water partition coefficient (Wildman–Crippen LogP) is 2.36. The standard InChI is InChI=1S/C15H22ClN3O2/c16-13-11-12(17)4-5-14(13)18-15(20)3-1-6-19-7-2-9-21-10-8-19/h4-5,11H,1-3,6-10,17H2,(H,18,20). The van der Waals surface area contributed by atoms with Crippen LogP contribution in [0.5, 0.6) is 0 Å². The lowest BCUT2D eigenvalue weighted by Crippen LogP contribution is -2.28. The summed E-state index contributed by atoms with van der Waals surface area (Å²) in [5.74, 6) is -0.0206. The first-order chi connectivity index (χ1) is 10.1. The van der Waals surface area contributed by atoms with Crippen LogP contribution < -0.4 is 11.1 Å². The molecule has 0 aliphatic carbocycles. The third kappa shape index (κ3) is 5.53. The van der Waals surface area contributed by atoms with Gasteiger partial charge in [-0.3, -0.25) is 4.79 Å². The van der Waals surface area contributed by atoms with Crippen LogP contribution in [0.1, 0.15) is 19.3 Å². The van der Waals surface area contributed by atoms with Gasteiger partial charge in [0, 0.05) is 31.8 Å². The Hall–Kier alpha value is -1.30. The van der Waals surface area contributed by atoms with Gasteiger partial charge in [-0.25, -0.2) is 0 Å². The lowest BCUT2D eigenvalue weighted by Gasteiger charge is -2.18. The van der Waals surface area contributed by atoms with E-state index in [2.05, 4.69) is 10.2 Å². The molecule has 0 unspecified atom stereocenters. The third-order valence-corrected chi connectivity index (χ3v) is 3.77. The Labute approximate surface area is 130 Å². The van der Waals surface area contributed by atoms with Crippen LogP contribution in [0, 0.1) is 0 Å². The summed E-state index contributed by atoms with van der Waals surface area (Å²) in [7, 11) is 0. The van der Waals surface area contributed by atoms with E-state index in [1.54, 1.807) is 18.2 Å². The number of anilines is 2. The maximum Gasteiger partial charge on any atom is 0.224 e. The summed E-state index contributed by atoms with van der Waals surface area (Å²) in [6.45, 7) is 4.54. The molecule has 1 fully saturated rings. The lowest BCUT2D eigenvalue weighted by atomic mass is 10.2. The summed E-state index contributed by atoms with van der Waals surface area (Å²) in [4.78, 5) is 14.3. The molecular weight excluding hydrogens is 290 g/mol. The Morgan fingerprint density at radius 2 is 2.24 bits per heavy atom. The summed E-state index contributed by atoms with van der Waals surface area (Å²) in [5.41, 5.74) is 6.82. The molecule has 0 spiro atoms. The zero-order valence-electron chi connectivity index (χ0n) is 12.1. The van der Waals surface area contributed by atoms with Crippen LogP contribution in [0.15, 0.2) is 18.2 Å². The summed E-state index contributed by atoms with van der Waals surface area (Å²) in [6, 6.07) is 5.08. The number of nitrogens with zero attached hydrogens (tertiary/aromatic N) is 1. The highest BCUT2D eigenvalue weighted by atomic mass is 35.5.